The number of fused-ring (bicyclic) bond motifs is 3. The average Bonchev–Trinajstić information content (AvgIpc) is 3.18. The Balaban J connectivity index is 0.000000190. The number of ketones is 1. The largest absolute Gasteiger partial charge is 0.328 e. The quantitative estimate of drug-likeness (QED) is 0.224. The van der Waals surface area contributed by atoms with E-state index < -0.39 is 0 Å². The Labute approximate surface area is 326 Å². The van der Waals surface area contributed by atoms with Crippen molar-refractivity contribution in [1.82, 2.24) is 39.2 Å². The maximum absolute atomic E-state index is 13.7. The number of carbonyl (C=O) groups is 1. The van der Waals surface area contributed by atoms with Gasteiger partial charge in [-0.1, -0.05) is 11.6 Å². The normalized spacial score (nSPS) is 17.3. The highest BCUT2D eigenvalue weighted by atomic mass is 35.5. The molecule has 3 aliphatic rings. The predicted molar refractivity (Wildman–Crippen MR) is 211 cm³/mol. The molecular weight excluding hydrogens is 748 g/mol. The number of aromatic nitrogens is 5. The standard InChI is InChI=1S/C24H25ClFN5O2S.C15H19FN4O/c25-18-11-23-20(10-17(32)14-34-23)29-21(18)12-27-16-3-5-30(6-4-16)7-8-31-22-9-15(26)1-2-19(22)28-13-24(31)33;16-11-1-2-13-14(9-11)20(15(21)10-18-13)8-7-19-5-3-12(17)4-6-19/h1-2,9,11,13,16,27H,3-8,10,12,14H2;1-2,9-10,12H,3-8,17H2. The van der Waals surface area contributed by atoms with Gasteiger partial charge in [-0.05, 0) is 94.3 Å². The zero-order chi connectivity index (χ0) is 38.5. The third kappa shape index (κ3) is 9.83. The van der Waals surface area contributed by atoms with Gasteiger partial charge in [0.25, 0.3) is 11.1 Å². The summed E-state index contributed by atoms with van der Waals surface area (Å²) in [6.07, 6.45) is 6.89. The van der Waals surface area contributed by atoms with Crippen LogP contribution in [0.1, 0.15) is 37.1 Å². The number of likely N-dealkylation sites (tertiary alicyclic amines) is 2. The number of nitrogens with zero attached hydrogens (tertiary/aromatic N) is 7. The van der Waals surface area contributed by atoms with Gasteiger partial charge in [0.2, 0.25) is 0 Å². The van der Waals surface area contributed by atoms with E-state index in [2.05, 4.69) is 30.1 Å². The number of piperidine rings is 2. The summed E-state index contributed by atoms with van der Waals surface area (Å²) in [5, 5.41) is 4.20. The van der Waals surface area contributed by atoms with Crippen LogP contribution >= 0.6 is 23.4 Å². The molecule has 3 N–H and O–H groups in total. The fraction of sp³-hybridized carbons (Fsp3) is 0.436. The zero-order valence-electron chi connectivity index (χ0n) is 30.4. The number of hydrogen-bond donors (Lipinski definition) is 2. The average molecular weight is 792 g/mol. The van der Waals surface area contributed by atoms with Crippen LogP contribution < -0.4 is 22.2 Å². The van der Waals surface area contributed by atoms with Crippen LogP contribution in [0.4, 0.5) is 8.78 Å². The second-order valence-electron chi connectivity index (χ2n) is 14.3. The van der Waals surface area contributed by atoms with Gasteiger partial charge in [-0.15, -0.1) is 11.8 Å². The number of pyridine rings is 1. The summed E-state index contributed by atoms with van der Waals surface area (Å²) >= 11 is 7.94. The van der Waals surface area contributed by atoms with Crippen molar-refractivity contribution in [2.75, 3.05) is 45.0 Å². The summed E-state index contributed by atoms with van der Waals surface area (Å²) in [6, 6.07) is 11.2. The minimum atomic E-state index is -0.376. The molecule has 3 aromatic heterocycles. The molecule has 12 nitrogen and oxygen atoms in total. The van der Waals surface area contributed by atoms with Crippen LogP contribution in [-0.4, -0.2) is 96.8 Å². The molecular formula is C39H44ClF2N9O3S. The van der Waals surface area contributed by atoms with Gasteiger partial charge in [-0.3, -0.25) is 19.4 Å². The summed E-state index contributed by atoms with van der Waals surface area (Å²) < 4.78 is 30.3. The van der Waals surface area contributed by atoms with Gasteiger partial charge < -0.3 is 30.0 Å². The Kier molecular flexibility index (Phi) is 12.6. The first kappa shape index (κ1) is 39.1. The first-order valence-corrected chi connectivity index (χ1v) is 20.0. The number of thioether (sulfide) groups is 1. The van der Waals surface area contributed by atoms with Crippen molar-refractivity contribution >= 4 is 51.2 Å². The summed E-state index contributed by atoms with van der Waals surface area (Å²) in [5.74, 6) is -0.0397. The Morgan fingerprint density at radius 1 is 0.782 bits per heavy atom. The van der Waals surface area contributed by atoms with Gasteiger partial charge >= 0.3 is 0 Å². The van der Waals surface area contributed by atoms with E-state index in [1.54, 1.807) is 21.3 Å². The van der Waals surface area contributed by atoms with Crippen LogP contribution in [0.2, 0.25) is 5.02 Å². The summed E-state index contributed by atoms with van der Waals surface area (Å²) in [7, 11) is 0. The molecule has 6 heterocycles. The van der Waals surface area contributed by atoms with Crippen molar-refractivity contribution in [3.8, 4) is 0 Å². The monoisotopic (exact) mass is 791 g/mol. The third-order valence-electron chi connectivity index (χ3n) is 10.5. The number of hydrogen-bond acceptors (Lipinski definition) is 11. The van der Waals surface area contributed by atoms with Gasteiger partial charge in [-0.25, -0.2) is 18.7 Å². The van der Waals surface area contributed by atoms with E-state index in [0.29, 0.717) is 77.5 Å². The molecule has 290 valence electrons. The van der Waals surface area contributed by atoms with E-state index in [1.807, 2.05) is 6.07 Å². The lowest BCUT2D eigenvalue weighted by atomic mass is 10.0. The lowest BCUT2D eigenvalue weighted by molar-refractivity contribution is -0.116. The summed E-state index contributed by atoms with van der Waals surface area (Å²) in [4.78, 5) is 54.5. The number of carbonyl (C=O) groups excluding carboxylic acids is 1. The molecule has 0 radical (unpaired) electrons. The third-order valence-corrected chi connectivity index (χ3v) is 12.0. The molecule has 0 amide bonds. The maximum atomic E-state index is 13.7. The molecule has 8 rings (SSSR count). The topological polar surface area (TPSA) is 144 Å². The highest BCUT2D eigenvalue weighted by molar-refractivity contribution is 8.00. The van der Waals surface area contributed by atoms with Crippen molar-refractivity contribution in [1.29, 1.82) is 0 Å². The zero-order valence-corrected chi connectivity index (χ0v) is 32.0. The van der Waals surface area contributed by atoms with E-state index in [0.717, 1.165) is 74.7 Å². The molecule has 0 bridgehead atoms. The summed E-state index contributed by atoms with van der Waals surface area (Å²) in [6.45, 7) is 6.79. The van der Waals surface area contributed by atoms with Crippen molar-refractivity contribution in [2.45, 2.75) is 68.7 Å². The van der Waals surface area contributed by atoms with Gasteiger partial charge in [0.05, 0.1) is 63.0 Å². The molecule has 2 fully saturated rings. The second kappa shape index (κ2) is 17.8. The molecule has 2 aromatic carbocycles. The molecule has 0 atom stereocenters. The van der Waals surface area contributed by atoms with Crippen LogP contribution in [0.3, 0.4) is 0 Å². The SMILES string of the molecule is NC1CCN(CCn2c(=O)cnc3ccc(F)cc32)CC1.O=C1CSc2cc(Cl)c(CNC3CCN(CCn4c(=O)cnc5ccc(F)cc54)CC3)nc2C1. The number of benzene rings is 2. The Bertz CT molecular complexity index is 2290. The van der Waals surface area contributed by atoms with Crippen molar-refractivity contribution in [2.24, 2.45) is 5.73 Å². The van der Waals surface area contributed by atoms with Crippen LogP contribution in [-0.2, 0) is 30.8 Å². The molecule has 5 aromatic rings. The number of nitrogens with one attached hydrogen (secondary N) is 1. The molecule has 2 saturated heterocycles. The molecule has 3 aliphatic heterocycles. The Morgan fingerprint density at radius 3 is 1.89 bits per heavy atom. The van der Waals surface area contributed by atoms with Gasteiger partial charge in [0, 0.05) is 49.7 Å². The minimum Gasteiger partial charge on any atom is -0.328 e. The highest BCUT2D eigenvalue weighted by Gasteiger charge is 2.23. The van der Waals surface area contributed by atoms with Crippen LogP contribution in [0.25, 0.3) is 22.1 Å². The Morgan fingerprint density at radius 2 is 1.33 bits per heavy atom. The van der Waals surface area contributed by atoms with Crippen LogP contribution in [0, 0.1) is 11.6 Å². The van der Waals surface area contributed by atoms with E-state index in [4.69, 9.17) is 17.3 Å². The van der Waals surface area contributed by atoms with Crippen LogP contribution in [0.15, 0.2) is 69.3 Å². The number of rotatable bonds is 9. The highest BCUT2D eigenvalue weighted by Crippen LogP contribution is 2.31. The molecule has 0 spiro atoms. The van der Waals surface area contributed by atoms with E-state index in [1.165, 1.54) is 48.4 Å². The minimum absolute atomic E-state index is 0.193. The molecule has 0 saturated carbocycles. The molecule has 55 heavy (non-hydrogen) atoms. The van der Waals surface area contributed by atoms with E-state index in [-0.39, 0.29) is 28.5 Å². The lowest BCUT2D eigenvalue weighted by Gasteiger charge is -2.32. The number of Topliss-reactive ketones (excluding diaryl/α,β-unsaturated/α-hetero) is 1. The van der Waals surface area contributed by atoms with Gasteiger partial charge in [0.15, 0.2) is 0 Å². The molecule has 0 aliphatic carbocycles. The first-order valence-electron chi connectivity index (χ1n) is 18.7. The molecule has 16 heteroatoms. The lowest BCUT2D eigenvalue weighted by Crippen LogP contribution is -2.43. The fourth-order valence-electron chi connectivity index (χ4n) is 7.32. The smallest absolute Gasteiger partial charge is 0.269 e. The number of halogens is 3. The van der Waals surface area contributed by atoms with Crippen molar-refractivity contribution in [3.05, 3.63) is 104 Å². The maximum Gasteiger partial charge on any atom is 0.269 e. The van der Waals surface area contributed by atoms with E-state index >= 15 is 0 Å². The predicted octanol–water partition coefficient (Wildman–Crippen LogP) is 4.01. The summed E-state index contributed by atoms with van der Waals surface area (Å²) in [5.41, 5.74) is 9.42. The van der Waals surface area contributed by atoms with Gasteiger partial charge in [0.1, 0.15) is 17.4 Å². The van der Waals surface area contributed by atoms with Gasteiger partial charge in [-0.2, -0.15) is 0 Å². The second-order valence-corrected chi connectivity index (χ2v) is 15.7. The van der Waals surface area contributed by atoms with E-state index in [9.17, 15) is 23.2 Å². The Hall–Kier alpha value is -4.12. The first-order chi connectivity index (χ1) is 26.6. The molecule has 0 unspecified atom stereocenters. The van der Waals surface area contributed by atoms with Crippen LogP contribution in [0.5, 0.6) is 0 Å². The fourth-order valence-corrected chi connectivity index (χ4v) is 8.50. The van der Waals surface area contributed by atoms with Crippen molar-refractivity contribution in [3.63, 3.8) is 0 Å². The number of nitrogens with two attached hydrogens (primary N) is 1. The van der Waals surface area contributed by atoms with Crippen molar-refractivity contribution < 1.29 is 13.6 Å².